The summed E-state index contributed by atoms with van der Waals surface area (Å²) in [5.74, 6) is 4.58. The lowest BCUT2D eigenvalue weighted by atomic mass is 9.99. The zero-order valence-electron chi connectivity index (χ0n) is 15.5. The lowest BCUT2D eigenvalue weighted by Crippen LogP contribution is -2.41. The molecule has 0 radical (unpaired) electrons. The minimum Gasteiger partial charge on any atom is -0.369 e. The van der Waals surface area contributed by atoms with Gasteiger partial charge in [-0.2, -0.15) is 5.10 Å². The van der Waals surface area contributed by atoms with E-state index in [0.717, 1.165) is 6.42 Å². The van der Waals surface area contributed by atoms with Crippen LogP contribution in [-0.2, 0) is 4.79 Å². The topological polar surface area (TPSA) is 114 Å². The molecule has 2 aromatic heterocycles. The summed E-state index contributed by atoms with van der Waals surface area (Å²) < 4.78 is 1.53. The molecule has 3 aromatic rings. The molecule has 1 aliphatic carbocycles. The van der Waals surface area contributed by atoms with Crippen molar-refractivity contribution in [1.29, 1.82) is 0 Å². The predicted molar refractivity (Wildman–Crippen MR) is 104 cm³/mol. The van der Waals surface area contributed by atoms with Gasteiger partial charge in [0, 0.05) is 30.8 Å². The minimum absolute atomic E-state index is 0.0851. The van der Waals surface area contributed by atoms with Gasteiger partial charge in [0.1, 0.15) is 0 Å². The Morgan fingerprint density at radius 2 is 2.17 bits per heavy atom. The van der Waals surface area contributed by atoms with E-state index in [1.165, 1.54) is 4.68 Å². The van der Waals surface area contributed by atoms with Gasteiger partial charge in [-0.15, -0.1) is 0 Å². The lowest BCUT2D eigenvalue weighted by molar-refractivity contribution is -0.140. The van der Waals surface area contributed by atoms with Gasteiger partial charge in [0.2, 0.25) is 5.60 Å². The lowest BCUT2D eigenvalue weighted by Gasteiger charge is -2.18. The fourth-order valence-electron chi connectivity index (χ4n) is 3.98. The molecule has 3 heterocycles. The third-order valence-corrected chi connectivity index (χ3v) is 5.60. The number of carbonyl (C=O) groups is 2. The third kappa shape index (κ3) is 2.52. The van der Waals surface area contributed by atoms with Crippen molar-refractivity contribution in [1.82, 2.24) is 19.7 Å². The van der Waals surface area contributed by atoms with E-state index < -0.39 is 11.5 Å². The number of aliphatic hydroxyl groups is 1. The second-order valence-electron chi connectivity index (χ2n) is 7.39. The Kier molecular flexibility index (Phi) is 3.54. The number of likely N-dealkylation sites (N-methyl/N-ethyl adjacent to an activating group) is 1. The largest absolute Gasteiger partial charge is 0.369 e. The number of nitrogens with zero attached hydrogens (tertiary/aromatic N) is 4. The number of likely N-dealkylation sites (tertiary alicyclic amines) is 1. The first-order chi connectivity index (χ1) is 13.9. The predicted octanol–water partition coefficient (Wildman–Crippen LogP) is 0.462. The Balaban J connectivity index is 1.55. The quantitative estimate of drug-likeness (QED) is 0.620. The third-order valence-electron chi connectivity index (χ3n) is 5.60. The van der Waals surface area contributed by atoms with Crippen LogP contribution in [0, 0.1) is 17.8 Å². The molecule has 8 nitrogen and oxygen atoms in total. The number of benzene rings is 1. The number of rotatable bonds is 2. The number of fused-ring (bicyclic) bond motifs is 2. The van der Waals surface area contributed by atoms with E-state index >= 15 is 0 Å². The van der Waals surface area contributed by atoms with Crippen LogP contribution < -0.4 is 5.73 Å². The van der Waals surface area contributed by atoms with Gasteiger partial charge >= 0.3 is 0 Å². The Morgan fingerprint density at radius 1 is 1.34 bits per heavy atom. The van der Waals surface area contributed by atoms with E-state index in [2.05, 4.69) is 21.9 Å². The average molecular weight is 387 g/mol. The molecule has 3 N–H and O–H groups in total. The summed E-state index contributed by atoms with van der Waals surface area (Å²) >= 11 is 0. The molecule has 0 spiro atoms. The number of hydrogen-bond acceptors (Lipinski definition) is 5. The smallest absolute Gasteiger partial charge is 0.269 e. The van der Waals surface area contributed by atoms with Gasteiger partial charge in [0.25, 0.3) is 11.8 Å². The highest BCUT2D eigenvalue weighted by Crippen LogP contribution is 2.50. The van der Waals surface area contributed by atoms with Gasteiger partial charge in [-0.25, -0.2) is 9.67 Å². The summed E-state index contributed by atoms with van der Waals surface area (Å²) in [6.07, 6.45) is 2.38. The number of carbonyl (C=O) groups excluding carboxylic acids is 2. The second-order valence-corrected chi connectivity index (χ2v) is 7.39. The molecule has 0 bridgehead atoms. The fraction of sp³-hybridized carbons (Fsp3) is 0.238. The fourth-order valence-corrected chi connectivity index (χ4v) is 3.98. The van der Waals surface area contributed by atoms with Crippen LogP contribution in [-0.4, -0.2) is 55.3 Å². The first-order valence-corrected chi connectivity index (χ1v) is 9.17. The number of aromatic nitrogens is 3. The summed E-state index contributed by atoms with van der Waals surface area (Å²) in [4.78, 5) is 29.9. The van der Waals surface area contributed by atoms with Gasteiger partial charge in [0.05, 0.1) is 11.1 Å². The van der Waals surface area contributed by atoms with Crippen LogP contribution in [0.4, 0.5) is 0 Å². The van der Waals surface area contributed by atoms with E-state index in [1.807, 2.05) is 0 Å². The number of hydrogen-bond donors (Lipinski definition) is 2. The Morgan fingerprint density at radius 3 is 2.90 bits per heavy atom. The van der Waals surface area contributed by atoms with Crippen molar-refractivity contribution in [2.24, 2.45) is 11.7 Å². The molecule has 144 valence electrons. The number of piperidine rings is 1. The minimum atomic E-state index is -1.63. The maximum Gasteiger partial charge on any atom is 0.269 e. The summed E-state index contributed by atoms with van der Waals surface area (Å²) in [5, 5.41) is 15.6. The first kappa shape index (κ1) is 17.4. The highest BCUT2D eigenvalue weighted by atomic mass is 16.3. The summed E-state index contributed by atoms with van der Waals surface area (Å²) in [6.45, 7) is 0. The maximum absolute atomic E-state index is 12.3. The molecule has 1 saturated heterocycles. The van der Waals surface area contributed by atoms with E-state index in [4.69, 9.17) is 5.73 Å². The first-order valence-electron chi connectivity index (χ1n) is 9.17. The second kappa shape index (κ2) is 5.90. The molecule has 29 heavy (non-hydrogen) atoms. The highest BCUT2D eigenvalue weighted by molar-refractivity contribution is 6.03. The van der Waals surface area contributed by atoms with Crippen molar-refractivity contribution in [3.05, 3.63) is 53.9 Å². The molecule has 2 fully saturated rings. The SMILES string of the molecule is CN1C(=O)C(O)(C#Cc2cccc(-n3nc(C(N)=O)c4cccnc43)c2)C2CC21. The molecule has 1 aliphatic heterocycles. The molecular formula is C21H17N5O3. The molecule has 3 unspecified atom stereocenters. The normalized spacial score (nSPS) is 24.9. The van der Waals surface area contributed by atoms with E-state index in [9.17, 15) is 14.7 Å². The van der Waals surface area contributed by atoms with Crippen molar-refractivity contribution < 1.29 is 14.7 Å². The van der Waals surface area contributed by atoms with Crippen molar-refractivity contribution in [2.45, 2.75) is 18.1 Å². The maximum atomic E-state index is 12.3. The van der Waals surface area contributed by atoms with Crippen LogP contribution in [0.15, 0.2) is 42.6 Å². The van der Waals surface area contributed by atoms with Crippen molar-refractivity contribution in [3.63, 3.8) is 0 Å². The molecule has 1 saturated carbocycles. The number of pyridine rings is 1. The van der Waals surface area contributed by atoms with Gasteiger partial charge in [-0.1, -0.05) is 17.9 Å². The van der Waals surface area contributed by atoms with Crippen molar-refractivity contribution in [2.75, 3.05) is 7.05 Å². The summed E-state index contributed by atoms with van der Waals surface area (Å²) in [6, 6.07) is 10.7. The van der Waals surface area contributed by atoms with Gasteiger partial charge in [-0.05, 0) is 36.8 Å². The average Bonchev–Trinajstić information content (AvgIpc) is 3.40. The van der Waals surface area contributed by atoms with Crippen LogP contribution in [0.2, 0.25) is 0 Å². The van der Waals surface area contributed by atoms with Crippen molar-refractivity contribution >= 4 is 22.8 Å². The zero-order chi connectivity index (χ0) is 20.3. The number of primary amides is 1. The zero-order valence-corrected chi connectivity index (χ0v) is 15.5. The highest BCUT2D eigenvalue weighted by Gasteiger charge is 2.66. The van der Waals surface area contributed by atoms with Crippen LogP contribution in [0.25, 0.3) is 16.7 Å². The molecule has 2 aliphatic rings. The number of amides is 2. The van der Waals surface area contributed by atoms with E-state index in [-0.39, 0.29) is 23.6 Å². The summed E-state index contributed by atoms with van der Waals surface area (Å²) in [5.41, 5.74) is 5.70. The van der Waals surface area contributed by atoms with Crippen LogP contribution in [0.5, 0.6) is 0 Å². The molecule has 5 rings (SSSR count). The standard InChI is InChI=1S/C21H17N5O3/c1-25-16-11-15(16)21(29,20(25)28)8-7-12-4-2-5-13(10-12)26-19-14(6-3-9-23-19)17(24-26)18(22)27/h2-6,9-10,15-16,29H,11H2,1H3,(H2,22,27). The van der Waals surface area contributed by atoms with Crippen LogP contribution in [0.3, 0.4) is 0 Å². The molecule has 8 heteroatoms. The monoisotopic (exact) mass is 387 g/mol. The van der Waals surface area contributed by atoms with Crippen LogP contribution >= 0.6 is 0 Å². The van der Waals surface area contributed by atoms with Gasteiger partial charge in [0.15, 0.2) is 11.3 Å². The van der Waals surface area contributed by atoms with Crippen LogP contribution in [0.1, 0.15) is 22.5 Å². The van der Waals surface area contributed by atoms with Gasteiger partial charge < -0.3 is 15.7 Å². The number of nitrogens with two attached hydrogens (primary N) is 1. The van der Waals surface area contributed by atoms with Gasteiger partial charge in [-0.3, -0.25) is 9.59 Å². The molecule has 2 amide bonds. The molecular weight excluding hydrogens is 370 g/mol. The Bertz CT molecular complexity index is 1250. The Labute approximate surface area is 165 Å². The molecule has 1 aromatic carbocycles. The van der Waals surface area contributed by atoms with Crippen molar-refractivity contribution in [3.8, 4) is 17.5 Å². The van der Waals surface area contributed by atoms with E-state index in [1.54, 1.807) is 54.5 Å². The molecule has 3 atom stereocenters. The Hall–Kier alpha value is -3.70. The van der Waals surface area contributed by atoms with E-state index in [0.29, 0.717) is 22.3 Å². The summed E-state index contributed by atoms with van der Waals surface area (Å²) in [7, 11) is 1.69.